The lowest BCUT2D eigenvalue weighted by Gasteiger charge is -1.95. The summed E-state index contributed by atoms with van der Waals surface area (Å²) in [6, 6.07) is 3.38. The Morgan fingerprint density at radius 2 is 2.08 bits per heavy atom. The largest absolute Gasteiger partial charge is 0.354 e. The second-order valence-corrected chi connectivity index (χ2v) is 3.51. The van der Waals surface area contributed by atoms with Crippen molar-refractivity contribution in [3.63, 3.8) is 0 Å². The van der Waals surface area contributed by atoms with E-state index in [1.165, 1.54) is 18.3 Å². The molecule has 1 aromatic heterocycles. The molecule has 0 atom stereocenters. The fraction of sp³-hybridized carbons (Fsp3) is 0.250. The molecule has 0 aliphatic rings. The maximum Gasteiger partial charge on any atom is 0.261 e. The Morgan fingerprint density at radius 1 is 1.38 bits per heavy atom. The van der Waals surface area contributed by atoms with Crippen LogP contribution in [0.3, 0.4) is 0 Å². The molecule has 0 spiro atoms. The van der Waals surface area contributed by atoms with Crippen molar-refractivity contribution in [1.82, 2.24) is 5.32 Å². The number of carbonyl (C=O) groups excluding carboxylic acids is 2. The second-order valence-electron chi connectivity index (χ2n) is 2.42. The van der Waals surface area contributed by atoms with Crippen LogP contribution < -0.4 is 10.6 Å². The summed E-state index contributed by atoms with van der Waals surface area (Å²) in [5.41, 5.74) is 0. The average molecular weight is 198 g/mol. The molecule has 0 aromatic carbocycles. The topological polar surface area (TPSA) is 58.2 Å². The lowest BCUT2D eigenvalue weighted by atomic mass is 10.4. The van der Waals surface area contributed by atoms with E-state index in [4.69, 9.17) is 0 Å². The first-order valence-electron chi connectivity index (χ1n) is 3.73. The van der Waals surface area contributed by atoms with Gasteiger partial charge in [-0.15, -0.1) is 11.3 Å². The predicted octanol–water partition coefficient (Wildman–Crippen LogP) is 1.07. The molecule has 5 heteroatoms. The Labute approximate surface area is 80.0 Å². The Bertz CT molecular complexity index is 333. The summed E-state index contributed by atoms with van der Waals surface area (Å²) in [6.07, 6.45) is 0. The number of hydrogen-bond donors (Lipinski definition) is 2. The van der Waals surface area contributed by atoms with Gasteiger partial charge in [-0.05, 0) is 12.1 Å². The number of thiophene rings is 1. The molecular formula is C8H10N2O2S. The van der Waals surface area contributed by atoms with Gasteiger partial charge in [0.05, 0.1) is 9.88 Å². The third-order valence-electron chi connectivity index (χ3n) is 1.36. The van der Waals surface area contributed by atoms with Crippen molar-refractivity contribution >= 4 is 28.2 Å². The highest BCUT2D eigenvalue weighted by atomic mass is 32.1. The highest BCUT2D eigenvalue weighted by Gasteiger charge is 2.06. The van der Waals surface area contributed by atoms with E-state index in [2.05, 4.69) is 10.6 Å². The van der Waals surface area contributed by atoms with Crippen LogP contribution in [0.4, 0.5) is 5.00 Å². The van der Waals surface area contributed by atoms with E-state index in [-0.39, 0.29) is 11.8 Å². The van der Waals surface area contributed by atoms with E-state index in [0.29, 0.717) is 9.88 Å². The van der Waals surface area contributed by atoms with Gasteiger partial charge in [-0.2, -0.15) is 0 Å². The smallest absolute Gasteiger partial charge is 0.261 e. The molecule has 4 nitrogen and oxygen atoms in total. The van der Waals surface area contributed by atoms with Crippen LogP contribution in [0.15, 0.2) is 12.1 Å². The minimum Gasteiger partial charge on any atom is -0.354 e. The number of amides is 2. The summed E-state index contributed by atoms with van der Waals surface area (Å²) in [5.74, 6) is -0.271. The van der Waals surface area contributed by atoms with Crippen LogP contribution in [0, 0.1) is 0 Å². The molecule has 0 unspecified atom stereocenters. The van der Waals surface area contributed by atoms with E-state index >= 15 is 0 Å². The van der Waals surface area contributed by atoms with Gasteiger partial charge in [-0.3, -0.25) is 9.59 Å². The SMILES string of the molecule is CNC(=O)c1ccc(NC(C)=O)s1. The quantitative estimate of drug-likeness (QED) is 0.746. The fourth-order valence-electron chi connectivity index (χ4n) is 0.824. The third-order valence-corrected chi connectivity index (χ3v) is 2.36. The molecule has 13 heavy (non-hydrogen) atoms. The van der Waals surface area contributed by atoms with E-state index in [0.717, 1.165) is 0 Å². The van der Waals surface area contributed by atoms with E-state index < -0.39 is 0 Å². The standard InChI is InChI=1S/C8H10N2O2S/c1-5(11)10-7-4-3-6(13-7)8(12)9-2/h3-4H,1-2H3,(H,9,12)(H,10,11). The summed E-state index contributed by atoms with van der Waals surface area (Å²) >= 11 is 1.25. The molecule has 0 bridgehead atoms. The van der Waals surface area contributed by atoms with Gasteiger partial charge >= 0.3 is 0 Å². The second kappa shape index (κ2) is 4.04. The van der Waals surface area contributed by atoms with Crippen molar-refractivity contribution in [2.75, 3.05) is 12.4 Å². The summed E-state index contributed by atoms with van der Waals surface area (Å²) in [6.45, 7) is 1.43. The summed E-state index contributed by atoms with van der Waals surface area (Å²) in [5, 5.41) is 5.80. The first-order chi connectivity index (χ1) is 6.13. The molecular weight excluding hydrogens is 188 g/mol. The van der Waals surface area contributed by atoms with Crippen LogP contribution in [0.1, 0.15) is 16.6 Å². The van der Waals surface area contributed by atoms with E-state index in [1.807, 2.05) is 0 Å². The van der Waals surface area contributed by atoms with Crippen LogP contribution in [-0.2, 0) is 4.79 Å². The molecule has 0 fully saturated rings. The maximum absolute atomic E-state index is 11.1. The Kier molecular flexibility index (Phi) is 3.02. The number of carbonyl (C=O) groups is 2. The molecule has 0 saturated carbocycles. The first kappa shape index (κ1) is 9.73. The highest BCUT2D eigenvalue weighted by Crippen LogP contribution is 2.21. The monoisotopic (exact) mass is 198 g/mol. The zero-order valence-corrected chi connectivity index (χ0v) is 8.20. The van der Waals surface area contributed by atoms with Gasteiger partial charge in [0.1, 0.15) is 0 Å². The van der Waals surface area contributed by atoms with Gasteiger partial charge in [-0.25, -0.2) is 0 Å². The van der Waals surface area contributed by atoms with Crippen molar-refractivity contribution in [3.05, 3.63) is 17.0 Å². The normalized spacial score (nSPS) is 9.38. The van der Waals surface area contributed by atoms with Crippen molar-refractivity contribution in [1.29, 1.82) is 0 Å². The molecule has 0 radical (unpaired) electrons. The van der Waals surface area contributed by atoms with Crippen molar-refractivity contribution < 1.29 is 9.59 Å². The van der Waals surface area contributed by atoms with Gasteiger partial charge < -0.3 is 10.6 Å². The Balaban J connectivity index is 2.74. The van der Waals surface area contributed by atoms with Gasteiger partial charge in [0.25, 0.3) is 5.91 Å². The van der Waals surface area contributed by atoms with E-state index in [9.17, 15) is 9.59 Å². The molecule has 0 aliphatic heterocycles. The molecule has 70 valence electrons. The zero-order valence-electron chi connectivity index (χ0n) is 7.38. The van der Waals surface area contributed by atoms with Gasteiger partial charge in [0.15, 0.2) is 0 Å². The number of anilines is 1. The molecule has 1 aromatic rings. The lowest BCUT2D eigenvalue weighted by molar-refractivity contribution is -0.114. The molecule has 2 N–H and O–H groups in total. The molecule has 1 heterocycles. The molecule has 0 aliphatic carbocycles. The van der Waals surface area contributed by atoms with Crippen molar-refractivity contribution in [3.8, 4) is 0 Å². The Morgan fingerprint density at radius 3 is 2.62 bits per heavy atom. The zero-order chi connectivity index (χ0) is 9.84. The first-order valence-corrected chi connectivity index (χ1v) is 4.54. The van der Waals surface area contributed by atoms with E-state index in [1.54, 1.807) is 19.2 Å². The van der Waals surface area contributed by atoms with Gasteiger partial charge in [-0.1, -0.05) is 0 Å². The minimum absolute atomic E-state index is 0.134. The van der Waals surface area contributed by atoms with Crippen LogP contribution in [0.25, 0.3) is 0 Å². The fourth-order valence-corrected chi connectivity index (χ4v) is 1.72. The maximum atomic E-state index is 11.1. The average Bonchev–Trinajstić information content (AvgIpc) is 2.50. The summed E-state index contributed by atoms with van der Waals surface area (Å²) < 4.78 is 0. The van der Waals surface area contributed by atoms with Crippen molar-refractivity contribution in [2.45, 2.75) is 6.92 Å². The van der Waals surface area contributed by atoms with Gasteiger partial charge in [0.2, 0.25) is 5.91 Å². The molecule has 1 rings (SSSR count). The van der Waals surface area contributed by atoms with Crippen molar-refractivity contribution in [2.24, 2.45) is 0 Å². The summed E-state index contributed by atoms with van der Waals surface area (Å²) in [7, 11) is 1.57. The van der Waals surface area contributed by atoms with Crippen LogP contribution in [0.5, 0.6) is 0 Å². The van der Waals surface area contributed by atoms with Crippen LogP contribution >= 0.6 is 11.3 Å². The number of rotatable bonds is 2. The summed E-state index contributed by atoms with van der Waals surface area (Å²) in [4.78, 5) is 22.3. The lowest BCUT2D eigenvalue weighted by Crippen LogP contribution is -2.16. The highest BCUT2D eigenvalue weighted by molar-refractivity contribution is 7.18. The van der Waals surface area contributed by atoms with Gasteiger partial charge in [0, 0.05) is 14.0 Å². The predicted molar refractivity (Wildman–Crippen MR) is 52.0 cm³/mol. The molecule has 2 amide bonds. The Hall–Kier alpha value is -1.36. The number of hydrogen-bond acceptors (Lipinski definition) is 3. The van der Waals surface area contributed by atoms with Crippen LogP contribution in [-0.4, -0.2) is 18.9 Å². The molecule has 0 saturated heterocycles. The minimum atomic E-state index is -0.137. The number of nitrogens with one attached hydrogen (secondary N) is 2. The third kappa shape index (κ3) is 2.55. The van der Waals surface area contributed by atoms with Crippen LogP contribution in [0.2, 0.25) is 0 Å².